The SMILES string of the molecule is O=C(Nc1ccc(Cl)c(Cl)c1)c1n[nH]c([N+](=O)[O-])c1Br. The minimum atomic E-state index is -0.687. The fourth-order valence-corrected chi connectivity index (χ4v) is 2.16. The molecule has 2 aromatic rings. The minimum absolute atomic E-state index is 0.0277. The van der Waals surface area contributed by atoms with Crippen molar-refractivity contribution in [2.45, 2.75) is 0 Å². The van der Waals surface area contributed by atoms with Crippen LogP contribution in [0.15, 0.2) is 22.7 Å². The normalized spacial score (nSPS) is 10.3. The molecular formula is C10H5BrCl2N4O3. The van der Waals surface area contributed by atoms with E-state index in [4.69, 9.17) is 23.2 Å². The van der Waals surface area contributed by atoms with E-state index in [1.165, 1.54) is 12.1 Å². The largest absolute Gasteiger partial charge is 0.358 e. The molecule has 0 aliphatic carbocycles. The first-order valence-electron chi connectivity index (χ1n) is 5.05. The van der Waals surface area contributed by atoms with Crippen molar-refractivity contribution in [1.82, 2.24) is 10.2 Å². The fraction of sp³-hybridized carbons (Fsp3) is 0. The van der Waals surface area contributed by atoms with E-state index in [0.717, 1.165) is 0 Å². The molecule has 104 valence electrons. The lowest BCUT2D eigenvalue weighted by molar-refractivity contribution is -0.390. The van der Waals surface area contributed by atoms with Crippen LogP contribution in [0.5, 0.6) is 0 Å². The molecule has 0 spiro atoms. The number of hydrogen-bond acceptors (Lipinski definition) is 4. The van der Waals surface area contributed by atoms with Gasteiger partial charge in [0.05, 0.1) is 10.0 Å². The van der Waals surface area contributed by atoms with Crippen LogP contribution in [-0.2, 0) is 0 Å². The third kappa shape index (κ3) is 2.92. The highest BCUT2D eigenvalue weighted by Crippen LogP contribution is 2.28. The van der Waals surface area contributed by atoms with Gasteiger partial charge in [0, 0.05) is 5.69 Å². The molecular weight excluding hydrogens is 375 g/mol. The number of carbonyl (C=O) groups is 1. The van der Waals surface area contributed by atoms with Gasteiger partial charge < -0.3 is 15.4 Å². The van der Waals surface area contributed by atoms with Crippen LogP contribution >= 0.6 is 39.1 Å². The molecule has 0 bridgehead atoms. The Balaban J connectivity index is 2.24. The molecule has 1 aromatic carbocycles. The average molecular weight is 380 g/mol. The standard InChI is InChI=1S/C10H5BrCl2N4O3/c11-7-8(15-16-9(7)17(19)20)10(18)14-4-1-2-5(12)6(13)3-4/h1-3H,(H,14,18)(H,15,16). The van der Waals surface area contributed by atoms with Gasteiger partial charge in [-0.15, -0.1) is 5.10 Å². The molecule has 0 radical (unpaired) electrons. The van der Waals surface area contributed by atoms with Crippen LogP contribution in [0.25, 0.3) is 0 Å². The molecule has 0 aliphatic heterocycles. The van der Waals surface area contributed by atoms with Crippen LogP contribution in [0.3, 0.4) is 0 Å². The number of nitro groups is 1. The molecule has 0 saturated carbocycles. The van der Waals surface area contributed by atoms with Gasteiger partial charge in [-0.3, -0.25) is 4.79 Å². The van der Waals surface area contributed by atoms with Crippen molar-refractivity contribution >= 4 is 56.5 Å². The lowest BCUT2D eigenvalue weighted by Gasteiger charge is -2.04. The monoisotopic (exact) mass is 378 g/mol. The molecule has 2 N–H and O–H groups in total. The molecule has 0 unspecified atom stereocenters. The molecule has 2 rings (SSSR count). The summed E-state index contributed by atoms with van der Waals surface area (Å²) < 4.78 is -0.0277. The Morgan fingerprint density at radius 3 is 2.65 bits per heavy atom. The van der Waals surface area contributed by atoms with Crippen LogP contribution in [0, 0.1) is 10.1 Å². The Kier molecular flexibility index (Phi) is 4.26. The second kappa shape index (κ2) is 5.78. The first-order valence-corrected chi connectivity index (χ1v) is 6.59. The number of benzene rings is 1. The zero-order chi connectivity index (χ0) is 14.9. The van der Waals surface area contributed by atoms with Gasteiger partial charge in [0.2, 0.25) is 0 Å². The molecule has 0 atom stereocenters. The van der Waals surface area contributed by atoms with Crippen molar-refractivity contribution in [2.75, 3.05) is 5.32 Å². The zero-order valence-electron chi connectivity index (χ0n) is 9.49. The quantitative estimate of drug-likeness (QED) is 0.627. The Labute approximate surface area is 130 Å². The van der Waals surface area contributed by atoms with Crippen molar-refractivity contribution in [3.63, 3.8) is 0 Å². The van der Waals surface area contributed by atoms with Crippen LogP contribution < -0.4 is 5.32 Å². The van der Waals surface area contributed by atoms with Crippen LogP contribution in [0.4, 0.5) is 11.5 Å². The number of H-pyrrole nitrogens is 1. The maximum atomic E-state index is 11.9. The third-order valence-corrected chi connectivity index (χ3v) is 3.75. The van der Waals surface area contributed by atoms with Crippen LogP contribution in [0.2, 0.25) is 10.0 Å². The van der Waals surface area contributed by atoms with Gasteiger partial charge in [0.15, 0.2) is 5.69 Å². The number of carbonyl (C=O) groups excluding carboxylic acids is 1. The smallest absolute Gasteiger partial charge is 0.357 e. The van der Waals surface area contributed by atoms with E-state index in [1.807, 2.05) is 0 Å². The molecule has 0 aliphatic rings. The maximum absolute atomic E-state index is 11.9. The summed E-state index contributed by atoms with van der Waals surface area (Å²) in [6.45, 7) is 0. The molecule has 1 aromatic heterocycles. The van der Waals surface area contributed by atoms with E-state index in [9.17, 15) is 14.9 Å². The predicted octanol–water partition coefficient (Wildman–Crippen LogP) is 3.64. The summed E-state index contributed by atoms with van der Waals surface area (Å²) in [4.78, 5) is 21.9. The van der Waals surface area contributed by atoms with Gasteiger partial charge in [0.25, 0.3) is 5.91 Å². The second-order valence-corrected chi connectivity index (χ2v) is 5.18. The summed E-state index contributed by atoms with van der Waals surface area (Å²) in [5.41, 5.74) is 0.254. The summed E-state index contributed by atoms with van der Waals surface area (Å²) in [5, 5.41) is 19.5. The van der Waals surface area contributed by atoms with Crippen LogP contribution in [-0.4, -0.2) is 21.0 Å². The minimum Gasteiger partial charge on any atom is -0.358 e. The zero-order valence-corrected chi connectivity index (χ0v) is 12.6. The topological polar surface area (TPSA) is 101 Å². The maximum Gasteiger partial charge on any atom is 0.357 e. The number of amides is 1. The third-order valence-electron chi connectivity index (χ3n) is 2.26. The van der Waals surface area contributed by atoms with Crippen molar-refractivity contribution in [1.29, 1.82) is 0 Å². The Morgan fingerprint density at radius 2 is 2.10 bits per heavy atom. The Bertz CT molecular complexity index is 704. The van der Waals surface area contributed by atoms with E-state index >= 15 is 0 Å². The lowest BCUT2D eigenvalue weighted by Crippen LogP contribution is -2.13. The molecule has 0 fully saturated rings. The molecule has 0 saturated heterocycles. The fourth-order valence-electron chi connectivity index (χ4n) is 1.35. The highest BCUT2D eigenvalue weighted by Gasteiger charge is 2.24. The second-order valence-electron chi connectivity index (χ2n) is 3.57. The van der Waals surface area contributed by atoms with Gasteiger partial charge >= 0.3 is 5.82 Å². The van der Waals surface area contributed by atoms with Gasteiger partial charge in [-0.1, -0.05) is 28.3 Å². The first kappa shape index (κ1) is 14.8. The molecule has 1 amide bonds. The Hall–Kier alpha value is -1.64. The van der Waals surface area contributed by atoms with Crippen molar-refractivity contribution in [3.8, 4) is 0 Å². The number of aromatic amines is 1. The molecule has 1 heterocycles. The van der Waals surface area contributed by atoms with E-state index in [0.29, 0.717) is 10.7 Å². The van der Waals surface area contributed by atoms with Gasteiger partial charge in [-0.25, -0.2) is 0 Å². The summed E-state index contributed by atoms with van der Waals surface area (Å²) >= 11 is 14.5. The van der Waals surface area contributed by atoms with E-state index < -0.39 is 16.6 Å². The summed E-state index contributed by atoms with van der Waals surface area (Å²) in [5.74, 6) is -1.02. The molecule has 10 heteroatoms. The number of aromatic nitrogens is 2. The number of nitrogens with one attached hydrogen (secondary N) is 2. The van der Waals surface area contributed by atoms with Crippen molar-refractivity contribution < 1.29 is 9.72 Å². The number of rotatable bonds is 3. The van der Waals surface area contributed by atoms with Gasteiger partial charge in [-0.2, -0.15) is 0 Å². The van der Waals surface area contributed by atoms with E-state index in [-0.39, 0.29) is 15.2 Å². The number of anilines is 1. The highest BCUT2D eigenvalue weighted by atomic mass is 79.9. The van der Waals surface area contributed by atoms with Crippen molar-refractivity contribution in [2.24, 2.45) is 0 Å². The van der Waals surface area contributed by atoms with Crippen molar-refractivity contribution in [3.05, 3.63) is 48.5 Å². The molecule has 20 heavy (non-hydrogen) atoms. The highest BCUT2D eigenvalue weighted by molar-refractivity contribution is 9.10. The summed E-state index contributed by atoms with van der Waals surface area (Å²) in [6.07, 6.45) is 0. The number of nitrogens with zero attached hydrogens (tertiary/aromatic N) is 2. The van der Waals surface area contributed by atoms with Gasteiger partial charge in [0.1, 0.15) is 4.47 Å². The van der Waals surface area contributed by atoms with E-state index in [2.05, 4.69) is 31.4 Å². The number of hydrogen-bond donors (Lipinski definition) is 2. The van der Waals surface area contributed by atoms with Gasteiger partial charge in [-0.05, 0) is 39.1 Å². The first-order chi connectivity index (χ1) is 9.40. The lowest BCUT2D eigenvalue weighted by atomic mass is 10.3. The van der Waals surface area contributed by atoms with E-state index in [1.54, 1.807) is 6.07 Å². The molecule has 7 nitrogen and oxygen atoms in total. The summed E-state index contributed by atoms with van der Waals surface area (Å²) in [7, 11) is 0. The predicted molar refractivity (Wildman–Crippen MR) is 77.4 cm³/mol. The summed E-state index contributed by atoms with van der Waals surface area (Å²) in [6, 6.07) is 4.51. The van der Waals surface area contributed by atoms with Crippen LogP contribution in [0.1, 0.15) is 10.5 Å². The Morgan fingerprint density at radius 1 is 1.40 bits per heavy atom. The average Bonchev–Trinajstić information content (AvgIpc) is 2.76. The number of halogens is 3.